The summed E-state index contributed by atoms with van der Waals surface area (Å²) in [6.07, 6.45) is 5.89. The fourth-order valence-corrected chi connectivity index (χ4v) is 5.08. The van der Waals surface area contributed by atoms with E-state index < -0.39 is 6.04 Å². The van der Waals surface area contributed by atoms with Gasteiger partial charge in [0.05, 0.1) is 16.5 Å². The SMILES string of the molecule is CC[C@H](C(=O)NC1CCCCC1)N(Cc1c(Cl)cccc1Cl)C(=O)Cc1ccc(Cl)c(Cl)c1. The first kappa shape index (κ1) is 26.2. The van der Waals surface area contributed by atoms with Crippen molar-refractivity contribution in [2.75, 3.05) is 0 Å². The number of carbonyl (C=O) groups is 2. The van der Waals surface area contributed by atoms with E-state index in [1.165, 1.54) is 6.42 Å². The smallest absolute Gasteiger partial charge is 0.243 e. The Hall–Kier alpha value is -1.46. The lowest BCUT2D eigenvalue weighted by molar-refractivity contribution is -0.141. The fraction of sp³-hybridized carbons (Fsp3) is 0.440. The number of carbonyl (C=O) groups excluding carboxylic acids is 2. The van der Waals surface area contributed by atoms with Gasteiger partial charge in [0.25, 0.3) is 0 Å². The molecule has 0 aromatic heterocycles. The number of hydrogen-bond donors (Lipinski definition) is 1. The van der Waals surface area contributed by atoms with Crippen LogP contribution >= 0.6 is 46.4 Å². The summed E-state index contributed by atoms with van der Waals surface area (Å²) in [5, 5.41) is 4.88. The molecule has 0 unspecified atom stereocenters. The second kappa shape index (κ2) is 12.3. The van der Waals surface area contributed by atoms with Gasteiger partial charge in [-0.1, -0.05) is 84.7 Å². The van der Waals surface area contributed by atoms with E-state index in [0.29, 0.717) is 37.6 Å². The fourth-order valence-electron chi connectivity index (χ4n) is 4.24. The zero-order valence-corrected chi connectivity index (χ0v) is 21.6. The molecule has 0 bridgehead atoms. The normalized spacial score (nSPS) is 15.2. The van der Waals surface area contributed by atoms with Crippen molar-refractivity contribution in [1.82, 2.24) is 10.2 Å². The second-order valence-electron chi connectivity index (χ2n) is 8.41. The summed E-state index contributed by atoms with van der Waals surface area (Å²) in [6, 6.07) is 9.81. The van der Waals surface area contributed by atoms with Gasteiger partial charge in [-0.05, 0) is 49.1 Å². The lowest BCUT2D eigenvalue weighted by atomic mass is 9.95. The Labute approximate surface area is 215 Å². The van der Waals surface area contributed by atoms with Gasteiger partial charge in [0.1, 0.15) is 6.04 Å². The van der Waals surface area contributed by atoms with E-state index >= 15 is 0 Å². The highest BCUT2D eigenvalue weighted by atomic mass is 35.5. The molecule has 2 aromatic rings. The maximum atomic E-state index is 13.5. The topological polar surface area (TPSA) is 49.4 Å². The van der Waals surface area contributed by atoms with Crippen LogP contribution in [-0.2, 0) is 22.6 Å². The molecule has 2 amide bonds. The molecule has 1 aliphatic rings. The number of hydrogen-bond acceptors (Lipinski definition) is 2. The molecular weight excluding hydrogens is 502 g/mol. The summed E-state index contributed by atoms with van der Waals surface area (Å²) in [6.45, 7) is 2.04. The lowest BCUT2D eigenvalue weighted by Crippen LogP contribution is -2.52. The van der Waals surface area contributed by atoms with E-state index in [0.717, 1.165) is 25.7 Å². The average Bonchev–Trinajstić information content (AvgIpc) is 2.78. The van der Waals surface area contributed by atoms with Gasteiger partial charge in [0.15, 0.2) is 0 Å². The van der Waals surface area contributed by atoms with Crippen LogP contribution in [-0.4, -0.2) is 28.8 Å². The molecule has 1 saturated carbocycles. The van der Waals surface area contributed by atoms with Crippen LogP contribution in [0.3, 0.4) is 0 Å². The minimum Gasteiger partial charge on any atom is -0.352 e. The van der Waals surface area contributed by atoms with Crippen LogP contribution in [0.25, 0.3) is 0 Å². The molecule has 0 radical (unpaired) electrons. The van der Waals surface area contributed by atoms with Gasteiger partial charge < -0.3 is 10.2 Å². The van der Waals surface area contributed by atoms with Gasteiger partial charge in [-0.2, -0.15) is 0 Å². The van der Waals surface area contributed by atoms with Crippen molar-refractivity contribution in [1.29, 1.82) is 0 Å². The van der Waals surface area contributed by atoms with E-state index in [4.69, 9.17) is 46.4 Å². The Morgan fingerprint density at radius 1 is 0.970 bits per heavy atom. The quantitative estimate of drug-likeness (QED) is 0.396. The Morgan fingerprint density at radius 3 is 2.24 bits per heavy atom. The standard InChI is InChI=1S/C25H28Cl4N2O2/c1-2-23(25(33)30-17-7-4-3-5-8-17)31(15-18-19(26)9-6-10-20(18)27)24(32)14-16-11-12-21(28)22(29)13-16/h6,9-13,17,23H,2-5,7-8,14-15H2,1H3,(H,30,33)/t23-/m1/s1. The van der Waals surface area contributed by atoms with Gasteiger partial charge in [0.2, 0.25) is 11.8 Å². The minimum atomic E-state index is -0.644. The number of nitrogens with one attached hydrogen (secondary N) is 1. The summed E-state index contributed by atoms with van der Waals surface area (Å²) < 4.78 is 0. The van der Waals surface area contributed by atoms with Gasteiger partial charge in [-0.25, -0.2) is 0 Å². The molecule has 0 spiro atoms. The van der Waals surface area contributed by atoms with Crippen LogP contribution < -0.4 is 5.32 Å². The predicted molar refractivity (Wildman–Crippen MR) is 136 cm³/mol. The van der Waals surface area contributed by atoms with Gasteiger partial charge in [-0.15, -0.1) is 0 Å². The third kappa shape index (κ3) is 7.02. The first-order valence-electron chi connectivity index (χ1n) is 11.3. The van der Waals surface area contributed by atoms with Crippen LogP contribution in [0.2, 0.25) is 20.1 Å². The number of benzene rings is 2. The summed E-state index contributed by atoms with van der Waals surface area (Å²) in [5.74, 6) is -0.356. The molecule has 3 rings (SSSR count). The van der Waals surface area contributed by atoms with Gasteiger partial charge in [0, 0.05) is 28.2 Å². The molecule has 1 N–H and O–H groups in total. The highest BCUT2D eigenvalue weighted by Crippen LogP contribution is 2.28. The van der Waals surface area contributed by atoms with E-state index in [-0.39, 0.29) is 30.8 Å². The van der Waals surface area contributed by atoms with Crippen LogP contribution in [0, 0.1) is 0 Å². The monoisotopic (exact) mass is 528 g/mol. The molecule has 2 aromatic carbocycles. The van der Waals surface area contributed by atoms with Crippen molar-refractivity contribution in [2.24, 2.45) is 0 Å². The van der Waals surface area contributed by atoms with Crippen molar-refractivity contribution >= 4 is 58.2 Å². The van der Waals surface area contributed by atoms with Crippen LogP contribution in [0.1, 0.15) is 56.6 Å². The van der Waals surface area contributed by atoms with E-state index in [2.05, 4.69) is 5.32 Å². The highest BCUT2D eigenvalue weighted by molar-refractivity contribution is 6.42. The molecular formula is C25H28Cl4N2O2. The molecule has 1 fully saturated rings. The second-order valence-corrected chi connectivity index (χ2v) is 10.0. The third-order valence-corrected chi connectivity index (χ3v) is 7.51. The Kier molecular flexibility index (Phi) is 9.75. The summed E-state index contributed by atoms with van der Waals surface area (Å²) in [5.41, 5.74) is 1.33. The van der Waals surface area contributed by atoms with Crippen molar-refractivity contribution in [3.8, 4) is 0 Å². The van der Waals surface area contributed by atoms with Crippen molar-refractivity contribution in [3.05, 3.63) is 67.6 Å². The largest absolute Gasteiger partial charge is 0.352 e. The zero-order valence-electron chi connectivity index (χ0n) is 18.6. The van der Waals surface area contributed by atoms with Crippen molar-refractivity contribution in [3.63, 3.8) is 0 Å². The number of halogens is 4. The number of amides is 2. The lowest BCUT2D eigenvalue weighted by Gasteiger charge is -2.33. The number of rotatable bonds is 8. The Bertz CT molecular complexity index is 972. The first-order chi connectivity index (χ1) is 15.8. The third-order valence-electron chi connectivity index (χ3n) is 6.07. The Morgan fingerprint density at radius 2 is 1.64 bits per heavy atom. The van der Waals surface area contributed by atoms with E-state index in [9.17, 15) is 9.59 Å². The first-order valence-corrected chi connectivity index (χ1v) is 12.8. The van der Waals surface area contributed by atoms with Crippen LogP contribution in [0.15, 0.2) is 36.4 Å². The molecule has 1 aliphatic carbocycles. The van der Waals surface area contributed by atoms with Gasteiger partial charge >= 0.3 is 0 Å². The highest BCUT2D eigenvalue weighted by Gasteiger charge is 2.31. The van der Waals surface area contributed by atoms with Crippen LogP contribution in [0.5, 0.6) is 0 Å². The molecule has 33 heavy (non-hydrogen) atoms. The zero-order chi connectivity index (χ0) is 24.0. The summed E-state index contributed by atoms with van der Waals surface area (Å²) in [7, 11) is 0. The molecule has 8 heteroatoms. The molecule has 0 heterocycles. The van der Waals surface area contributed by atoms with Crippen LogP contribution in [0.4, 0.5) is 0 Å². The maximum absolute atomic E-state index is 13.5. The molecule has 178 valence electrons. The van der Waals surface area contributed by atoms with Gasteiger partial charge in [-0.3, -0.25) is 9.59 Å². The average molecular weight is 530 g/mol. The summed E-state index contributed by atoms with van der Waals surface area (Å²) in [4.78, 5) is 28.4. The Balaban J connectivity index is 1.87. The predicted octanol–water partition coefficient (Wildman–Crippen LogP) is 7.10. The maximum Gasteiger partial charge on any atom is 0.243 e. The molecule has 4 nitrogen and oxygen atoms in total. The van der Waals surface area contributed by atoms with E-state index in [1.807, 2.05) is 6.92 Å². The van der Waals surface area contributed by atoms with Crippen molar-refractivity contribution < 1.29 is 9.59 Å². The van der Waals surface area contributed by atoms with E-state index in [1.54, 1.807) is 41.3 Å². The minimum absolute atomic E-state index is 0.0756. The molecule has 0 aliphatic heterocycles. The summed E-state index contributed by atoms with van der Waals surface area (Å²) >= 11 is 25.0. The number of nitrogens with zero attached hydrogens (tertiary/aromatic N) is 1. The molecule has 0 saturated heterocycles. The molecule has 1 atom stereocenters. The van der Waals surface area contributed by atoms with Crippen molar-refractivity contribution in [2.45, 2.75) is 70.5 Å².